The van der Waals surface area contributed by atoms with E-state index in [1.165, 1.54) is 4.90 Å². The summed E-state index contributed by atoms with van der Waals surface area (Å²) in [5.74, 6) is -0.334. The van der Waals surface area contributed by atoms with Crippen LogP contribution in [0.15, 0.2) is 84.4 Å². The first-order chi connectivity index (χ1) is 15.5. The lowest BCUT2D eigenvalue weighted by molar-refractivity contribution is -0.132. The molecule has 32 heavy (non-hydrogen) atoms. The fourth-order valence-corrected chi connectivity index (χ4v) is 3.82. The number of rotatable bonds is 6. The van der Waals surface area contributed by atoms with Gasteiger partial charge in [0.25, 0.3) is 11.7 Å². The minimum Gasteiger partial charge on any atom is -0.507 e. The third kappa shape index (κ3) is 3.83. The van der Waals surface area contributed by atoms with Crippen molar-refractivity contribution in [1.29, 1.82) is 0 Å². The van der Waals surface area contributed by atoms with E-state index in [1.54, 1.807) is 79.9 Å². The van der Waals surface area contributed by atoms with E-state index in [0.717, 1.165) is 0 Å². The molecule has 1 amide bonds. The van der Waals surface area contributed by atoms with Gasteiger partial charge in [-0.05, 0) is 48.9 Å². The smallest absolute Gasteiger partial charge is 0.300 e. The SMILES string of the molecule is CCOc1ccc(N2C(=O)C(=O)/C(=C(/O)c3ccccc3)[C@@H]2c2ccc(OC)cc2)cc1. The Bertz CT molecular complexity index is 1150. The van der Waals surface area contributed by atoms with Gasteiger partial charge in [0, 0.05) is 11.3 Å². The zero-order chi connectivity index (χ0) is 22.7. The molecule has 0 saturated carbocycles. The highest BCUT2D eigenvalue weighted by Crippen LogP contribution is 2.42. The minimum atomic E-state index is -0.793. The summed E-state index contributed by atoms with van der Waals surface area (Å²) in [5, 5.41) is 11.1. The lowest BCUT2D eigenvalue weighted by atomic mass is 9.95. The topological polar surface area (TPSA) is 76.1 Å². The summed E-state index contributed by atoms with van der Waals surface area (Å²) >= 11 is 0. The molecule has 4 rings (SSSR count). The molecule has 0 radical (unpaired) electrons. The van der Waals surface area contributed by atoms with E-state index >= 15 is 0 Å². The molecule has 0 unspecified atom stereocenters. The van der Waals surface area contributed by atoms with Crippen LogP contribution in [0, 0.1) is 0 Å². The van der Waals surface area contributed by atoms with Crippen LogP contribution in [0.5, 0.6) is 11.5 Å². The first kappa shape index (κ1) is 21.2. The molecule has 3 aromatic rings. The van der Waals surface area contributed by atoms with Gasteiger partial charge in [-0.1, -0.05) is 42.5 Å². The Labute approximate surface area is 186 Å². The first-order valence-corrected chi connectivity index (χ1v) is 10.3. The summed E-state index contributed by atoms with van der Waals surface area (Å²) in [6, 6.07) is 22.0. The minimum absolute atomic E-state index is 0.0419. The number of amides is 1. The first-order valence-electron chi connectivity index (χ1n) is 10.3. The number of benzene rings is 3. The molecule has 1 atom stereocenters. The number of aliphatic hydroxyl groups is 1. The van der Waals surface area contributed by atoms with Crippen molar-refractivity contribution in [3.63, 3.8) is 0 Å². The third-order valence-corrected chi connectivity index (χ3v) is 5.35. The van der Waals surface area contributed by atoms with Crippen LogP contribution in [-0.4, -0.2) is 30.5 Å². The zero-order valence-corrected chi connectivity index (χ0v) is 17.8. The highest BCUT2D eigenvalue weighted by molar-refractivity contribution is 6.51. The van der Waals surface area contributed by atoms with Crippen LogP contribution >= 0.6 is 0 Å². The fraction of sp³-hybridized carbons (Fsp3) is 0.154. The molecule has 1 heterocycles. The Morgan fingerprint density at radius 2 is 1.53 bits per heavy atom. The molecule has 162 valence electrons. The van der Waals surface area contributed by atoms with Gasteiger partial charge in [0.05, 0.1) is 25.3 Å². The third-order valence-electron chi connectivity index (χ3n) is 5.35. The standard InChI is InChI=1S/C26H23NO5/c1-3-32-21-15-11-19(12-16-21)27-23(17-9-13-20(31-2)14-10-17)22(25(29)26(27)30)24(28)18-7-5-4-6-8-18/h4-16,23,28H,3H2,1-2H3/b24-22+/t23-/m0/s1. The summed E-state index contributed by atoms with van der Waals surface area (Å²) < 4.78 is 10.7. The lowest BCUT2D eigenvalue weighted by Gasteiger charge is -2.25. The number of ketones is 1. The van der Waals surface area contributed by atoms with Crippen LogP contribution in [0.3, 0.4) is 0 Å². The van der Waals surface area contributed by atoms with Crippen molar-refractivity contribution in [2.24, 2.45) is 0 Å². The Morgan fingerprint density at radius 3 is 2.12 bits per heavy atom. The van der Waals surface area contributed by atoms with Crippen molar-refractivity contribution < 1.29 is 24.2 Å². The van der Waals surface area contributed by atoms with Crippen LogP contribution in [0.2, 0.25) is 0 Å². The molecule has 6 nitrogen and oxygen atoms in total. The highest BCUT2D eigenvalue weighted by Gasteiger charge is 2.46. The second kappa shape index (κ2) is 8.98. The van der Waals surface area contributed by atoms with Crippen molar-refractivity contribution in [2.45, 2.75) is 13.0 Å². The van der Waals surface area contributed by atoms with Gasteiger partial charge in [-0.3, -0.25) is 14.5 Å². The van der Waals surface area contributed by atoms with Gasteiger partial charge in [0.15, 0.2) is 0 Å². The molecular weight excluding hydrogens is 406 g/mol. The Morgan fingerprint density at radius 1 is 0.906 bits per heavy atom. The Kier molecular flexibility index (Phi) is 5.94. The number of carbonyl (C=O) groups is 2. The predicted octanol–water partition coefficient (Wildman–Crippen LogP) is 4.72. The molecule has 1 N–H and O–H groups in total. The van der Waals surface area contributed by atoms with Crippen LogP contribution in [-0.2, 0) is 9.59 Å². The normalized spacial score (nSPS) is 17.4. The van der Waals surface area contributed by atoms with Crippen LogP contribution in [0.25, 0.3) is 5.76 Å². The van der Waals surface area contributed by atoms with Gasteiger partial charge in [-0.15, -0.1) is 0 Å². The van der Waals surface area contributed by atoms with Gasteiger partial charge in [0.2, 0.25) is 0 Å². The number of carbonyl (C=O) groups excluding carboxylic acids is 2. The van der Waals surface area contributed by atoms with Gasteiger partial charge >= 0.3 is 0 Å². The number of hydrogen-bond donors (Lipinski definition) is 1. The summed E-state index contributed by atoms with van der Waals surface area (Å²) in [6.45, 7) is 2.41. The molecule has 1 aliphatic rings. The van der Waals surface area contributed by atoms with E-state index in [1.807, 2.05) is 13.0 Å². The van der Waals surface area contributed by atoms with Gasteiger partial charge in [0.1, 0.15) is 17.3 Å². The average molecular weight is 429 g/mol. The van der Waals surface area contributed by atoms with E-state index < -0.39 is 17.7 Å². The number of methoxy groups -OCH3 is 1. The van der Waals surface area contributed by atoms with Crippen LogP contribution in [0.1, 0.15) is 24.1 Å². The summed E-state index contributed by atoms with van der Waals surface area (Å²) in [6.07, 6.45) is 0. The summed E-state index contributed by atoms with van der Waals surface area (Å²) in [5.41, 5.74) is 1.72. The highest BCUT2D eigenvalue weighted by atomic mass is 16.5. The number of aliphatic hydroxyl groups excluding tert-OH is 1. The van der Waals surface area contributed by atoms with E-state index in [2.05, 4.69) is 0 Å². The molecule has 0 aromatic heterocycles. The monoisotopic (exact) mass is 429 g/mol. The molecule has 1 saturated heterocycles. The fourth-order valence-electron chi connectivity index (χ4n) is 3.82. The van der Waals surface area contributed by atoms with Gasteiger partial charge < -0.3 is 14.6 Å². The molecule has 1 aliphatic heterocycles. The number of Topliss-reactive ketones (excluding diaryl/α,β-unsaturated/α-hetero) is 1. The second-order valence-electron chi connectivity index (χ2n) is 7.24. The van der Waals surface area contributed by atoms with Crippen molar-refractivity contribution in [3.8, 4) is 11.5 Å². The molecule has 1 fully saturated rings. The molecule has 3 aromatic carbocycles. The maximum Gasteiger partial charge on any atom is 0.300 e. The van der Waals surface area contributed by atoms with Crippen LogP contribution < -0.4 is 14.4 Å². The number of ether oxygens (including phenoxy) is 2. The van der Waals surface area contributed by atoms with E-state index in [0.29, 0.717) is 34.9 Å². The maximum atomic E-state index is 13.1. The average Bonchev–Trinajstić information content (AvgIpc) is 3.10. The second-order valence-corrected chi connectivity index (χ2v) is 7.24. The zero-order valence-electron chi connectivity index (χ0n) is 17.8. The summed E-state index contributed by atoms with van der Waals surface area (Å²) in [4.78, 5) is 27.7. The Balaban J connectivity index is 1.87. The predicted molar refractivity (Wildman–Crippen MR) is 122 cm³/mol. The number of nitrogens with zero attached hydrogens (tertiary/aromatic N) is 1. The quantitative estimate of drug-likeness (QED) is 0.349. The van der Waals surface area contributed by atoms with Crippen molar-refractivity contribution in [2.75, 3.05) is 18.6 Å². The van der Waals surface area contributed by atoms with E-state index in [4.69, 9.17) is 9.47 Å². The van der Waals surface area contributed by atoms with Crippen molar-refractivity contribution >= 4 is 23.1 Å². The van der Waals surface area contributed by atoms with E-state index in [-0.39, 0.29) is 11.3 Å². The largest absolute Gasteiger partial charge is 0.507 e. The number of hydrogen-bond acceptors (Lipinski definition) is 5. The van der Waals surface area contributed by atoms with E-state index in [9.17, 15) is 14.7 Å². The Hall–Kier alpha value is -4.06. The maximum absolute atomic E-state index is 13.1. The molecule has 0 aliphatic carbocycles. The molecule has 0 bridgehead atoms. The number of anilines is 1. The molecular formula is C26H23NO5. The van der Waals surface area contributed by atoms with Crippen LogP contribution in [0.4, 0.5) is 5.69 Å². The van der Waals surface area contributed by atoms with Crippen molar-refractivity contribution in [3.05, 3.63) is 95.6 Å². The molecule has 0 spiro atoms. The van der Waals surface area contributed by atoms with Crippen molar-refractivity contribution in [1.82, 2.24) is 0 Å². The summed E-state index contributed by atoms with van der Waals surface area (Å²) in [7, 11) is 1.57. The molecule has 6 heteroatoms. The van der Waals surface area contributed by atoms with Gasteiger partial charge in [-0.2, -0.15) is 0 Å². The van der Waals surface area contributed by atoms with Gasteiger partial charge in [-0.25, -0.2) is 0 Å². The lowest BCUT2D eigenvalue weighted by Crippen LogP contribution is -2.29.